The molecule has 1 aliphatic heterocycles. The molecule has 0 amide bonds. The van der Waals surface area contributed by atoms with Crippen LogP contribution in [0, 0.1) is 0 Å². The van der Waals surface area contributed by atoms with Crippen LogP contribution in [0.3, 0.4) is 0 Å². The molecule has 0 aliphatic carbocycles. The molecule has 2 rings (SSSR count). The number of carbonyl (C=O) groups excluding carboxylic acids is 1. The predicted molar refractivity (Wildman–Crippen MR) is 81.4 cm³/mol. The number of halogens is 1. The van der Waals surface area contributed by atoms with Gasteiger partial charge in [-0.15, -0.1) is 0 Å². The lowest BCUT2D eigenvalue weighted by Crippen LogP contribution is -2.46. The third-order valence-corrected chi connectivity index (χ3v) is 3.86. The zero-order chi connectivity index (χ0) is 14.4. The average molecular weight is 297 g/mol. The highest BCUT2D eigenvalue weighted by molar-refractivity contribution is 6.30. The van der Waals surface area contributed by atoms with E-state index in [9.17, 15) is 4.79 Å². The molecular weight excluding hydrogens is 276 g/mol. The van der Waals surface area contributed by atoms with Crippen molar-refractivity contribution in [2.45, 2.75) is 12.8 Å². The molecule has 1 fully saturated rings. The summed E-state index contributed by atoms with van der Waals surface area (Å²) in [5, 5.41) is 0.781. The molecule has 1 aromatic rings. The number of hydrogen-bond acceptors (Lipinski definition) is 4. The van der Waals surface area contributed by atoms with E-state index >= 15 is 0 Å². The number of ether oxygens (including phenoxy) is 1. The van der Waals surface area contributed by atoms with Crippen molar-refractivity contribution in [2.24, 2.45) is 0 Å². The van der Waals surface area contributed by atoms with Gasteiger partial charge < -0.3 is 9.64 Å². The number of rotatable bonds is 5. The lowest BCUT2D eigenvalue weighted by atomic mass is 10.2. The number of piperazine rings is 1. The van der Waals surface area contributed by atoms with Crippen molar-refractivity contribution >= 4 is 23.3 Å². The molecule has 0 aromatic heterocycles. The fraction of sp³-hybridized carbons (Fsp3) is 0.533. The van der Waals surface area contributed by atoms with Gasteiger partial charge in [-0.1, -0.05) is 17.7 Å². The van der Waals surface area contributed by atoms with E-state index in [4.69, 9.17) is 11.6 Å². The van der Waals surface area contributed by atoms with E-state index in [1.165, 1.54) is 12.8 Å². The number of benzene rings is 1. The number of carbonyl (C=O) groups is 1. The Hall–Kier alpha value is -1.26. The third kappa shape index (κ3) is 4.39. The van der Waals surface area contributed by atoms with Crippen molar-refractivity contribution in [1.82, 2.24) is 4.90 Å². The number of nitrogens with zero attached hydrogens (tertiary/aromatic N) is 2. The molecule has 0 N–H and O–H groups in total. The predicted octanol–water partition coefficient (Wildman–Crippen LogP) is 2.42. The highest BCUT2D eigenvalue weighted by Gasteiger charge is 2.17. The largest absolute Gasteiger partial charge is 0.469 e. The van der Waals surface area contributed by atoms with Gasteiger partial charge in [0.1, 0.15) is 0 Å². The summed E-state index contributed by atoms with van der Waals surface area (Å²) in [7, 11) is 1.44. The summed E-state index contributed by atoms with van der Waals surface area (Å²) in [5.41, 5.74) is 1.19. The number of hydrogen-bond donors (Lipinski definition) is 0. The average Bonchev–Trinajstić information content (AvgIpc) is 2.48. The Morgan fingerprint density at radius 1 is 1.30 bits per heavy atom. The first-order valence-electron chi connectivity index (χ1n) is 6.99. The van der Waals surface area contributed by atoms with E-state index in [0.717, 1.165) is 44.2 Å². The Morgan fingerprint density at radius 2 is 2.05 bits per heavy atom. The molecule has 0 spiro atoms. The van der Waals surface area contributed by atoms with Crippen molar-refractivity contribution in [1.29, 1.82) is 0 Å². The summed E-state index contributed by atoms with van der Waals surface area (Å²) in [4.78, 5) is 15.8. The lowest BCUT2D eigenvalue weighted by Gasteiger charge is -2.36. The van der Waals surface area contributed by atoms with Gasteiger partial charge in [-0.05, 0) is 31.2 Å². The molecule has 4 nitrogen and oxygen atoms in total. The Bertz CT molecular complexity index is 445. The van der Waals surface area contributed by atoms with E-state index in [0.29, 0.717) is 6.42 Å². The van der Waals surface area contributed by atoms with E-state index in [1.54, 1.807) is 0 Å². The molecule has 5 heteroatoms. The van der Waals surface area contributed by atoms with Crippen molar-refractivity contribution in [3.05, 3.63) is 29.3 Å². The van der Waals surface area contributed by atoms with Gasteiger partial charge in [0.25, 0.3) is 0 Å². The van der Waals surface area contributed by atoms with E-state index < -0.39 is 0 Å². The van der Waals surface area contributed by atoms with Crippen LogP contribution in [-0.4, -0.2) is 50.7 Å². The van der Waals surface area contributed by atoms with Crippen molar-refractivity contribution < 1.29 is 9.53 Å². The quantitative estimate of drug-likeness (QED) is 0.781. The minimum atomic E-state index is -0.123. The minimum Gasteiger partial charge on any atom is -0.469 e. The van der Waals surface area contributed by atoms with E-state index in [2.05, 4.69) is 20.6 Å². The fourth-order valence-corrected chi connectivity index (χ4v) is 2.64. The van der Waals surface area contributed by atoms with Gasteiger partial charge >= 0.3 is 5.97 Å². The number of esters is 1. The summed E-state index contributed by atoms with van der Waals surface area (Å²) >= 11 is 6.02. The van der Waals surface area contributed by atoms with Crippen LogP contribution in [0.25, 0.3) is 0 Å². The Balaban J connectivity index is 1.74. The van der Waals surface area contributed by atoms with Crippen LogP contribution in [-0.2, 0) is 9.53 Å². The summed E-state index contributed by atoms with van der Waals surface area (Å²) in [6.45, 7) is 5.00. The molecule has 0 atom stereocenters. The second-order valence-corrected chi connectivity index (χ2v) is 5.42. The molecule has 1 heterocycles. The first-order chi connectivity index (χ1) is 9.69. The summed E-state index contributed by atoms with van der Waals surface area (Å²) < 4.78 is 4.65. The molecule has 0 bridgehead atoms. The summed E-state index contributed by atoms with van der Waals surface area (Å²) in [5.74, 6) is -0.123. The van der Waals surface area contributed by atoms with Crippen LogP contribution < -0.4 is 4.90 Å². The maximum atomic E-state index is 11.1. The molecule has 1 aliphatic rings. The van der Waals surface area contributed by atoms with Crippen LogP contribution in [0.15, 0.2) is 24.3 Å². The maximum absolute atomic E-state index is 11.1. The van der Waals surface area contributed by atoms with Gasteiger partial charge in [0.2, 0.25) is 0 Å². The molecule has 0 unspecified atom stereocenters. The number of methoxy groups -OCH3 is 1. The zero-order valence-corrected chi connectivity index (χ0v) is 12.6. The third-order valence-electron chi connectivity index (χ3n) is 3.63. The summed E-state index contributed by atoms with van der Waals surface area (Å²) in [6.07, 6.45) is 1.37. The van der Waals surface area contributed by atoms with Crippen LogP contribution in [0.5, 0.6) is 0 Å². The monoisotopic (exact) mass is 296 g/mol. The maximum Gasteiger partial charge on any atom is 0.305 e. The van der Waals surface area contributed by atoms with Gasteiger partial charge in [-0.2, -0.15) is 0 Å². The Kier molecular flexibility index (Phi) is 5.68. The van der Waals surface area contributed by atoms with Gasteiger partial charge in [-0.3, -0.25) is 9.69 Å². The Labute approximate surface area is 125 Å². The molecule has 1 aromatic carbocycles. The Morgan fingerprint density at radius 3 is 2.70 bits per heavy atom. The van der Waals surface area contributed by atoms with E-state index in [-0.39, 0.29) is 5.97 Å². The number of anilines is 1. The molecule has 110 valence electrons. The van der Waals surface area contributed by atoms with Crippen LogP contribution >= 0.6 is 11.6 Å². The lowest BCUT2D eigenvalue weighted by molar-refractivity contribution is -0.140. The van der Waals surface area contributed by atoms with Crippen molar-refractivity contribution in [2.75, 3.05) is 44.7 Å². The van der Waals surface area contributed by atoms with Crippen LogP contribution in [0.4, 0.5) is 5.69 Å². The molecule has 20 heavy (non-hydrogen) atoms. The SMILES string of the molecule is COC(=O)CCCN1CCN(c2cccc(Cl)c2)CC1. The molecule has 1 saturated heterocycles. The van der Waals surface area contributed by atoms with Gasteiger partial charge in [0.05, 0.1) is 7.11 Å². The van der Waals surface area contributed by atoms with Gasteiger partial charge in [0.15, 0.2) is 0 Å². The topological polar surface area (TPSA) is 32.8 Å². The first-order valence-corrected chi connectivity index (χ1v) is 7.36. The van der Waals surface area contributed by atoms with Crippen LogP contribution in [0.1, 0.15) is 12.8 Å². The molecule has 0 saturated carbocycles. The standard InChI is InChI=1S/C15H21ClN2O2/c1-20-15(19)6-3-7-17-8-10-18(11-9-17)14-5-2-4-13(16)12-14/h2,4-5,12H,3,6-11H2,1H3. The van der Waals surface area contributed by atoms with E-state index in [1.807, 2.05) is 18.2 Å². The van der Waals surface area contributed by atoms with Crippen LogP contribution in [0.2, 0.25) is 5.02 Å². The summed E-state index contributed by atoms with van der Waals surface area (Å²) in [6, 6.07) is 7.99. The molecule has 0 radical (unpaired) electrons. The molecular formula is C15H21ClN2O2. The highest BCUT2D eigenvalue weighted by atomic mass is 35.5. The second kappa shape index (κ2) is 7.50. The smallest absolute Gasteiger partial charge is 0.305 e. The van der Waals surface area contributed by atoms with Gasteiger partial charge in [0, 0.05) is 43.3 Å². The minimum absolute atomic E-state index is 0.123. The highest BCUT2D eigenvalue weighted by Crippen LogP contribution is 2.20. The second-order valence-electron chi connectivity index (χ2n) is 4.99. The zero-order valence-electron chi connectivity index (χ0n) is 11.8. The van der Waals surface area contributed by atoms with Gasteiger partial charge in [-0.25, -0.2) is 0 Å². The van der Waals surface area contributed by atoms with Crippen molar-refractivity contribution in [3.8, 4) is 0 Å². The normalized spacial score (nSPS) is 16.2. The fourth-order valence-electron chi connectivity index (χ4n) is 2.45. The van der Waals surface area contributed by atoms with Crippen molar-refractivity contribution in [3.63, 3.8) is 0 Å². The first kappa shape index (κ1) is 15.1.